The first kappa shape index (κ1) is 22.9. The van der Waals surface area contributed by atoms with Crippen LogP contribution in [0.4, 0.5) is 0 Å². The molecule has 1 fully saturated rings. The highest BCUT2D eigenvalue weighted by atomic mass is 16.7. The summed E-state index contributed by atoms with van der Waals surface area (Å²) in [6.07, 6.45) is 0.233. The van der Waals surface area contributed by atoms with Gasteiger partial charge in [-0.25, -0.2) is 4.68 Å². The number of carbonyl (C=O) groups is 1. The number of aryl methyl sites for hydroxylation is 1. The molecule has 9 heteroatoms. The van der Waals surface area contributed by atoms with Crippen LogP contribution in [0.2, 0.25) is 0 Å². The van der Waals surface area contributed by atoms with Gasteiger partial charge in [0.15, 0.2) is 11.5 Å². The summed E-state index contributed by atoms with van der Waals surface area (Å²) in [6, 6.07) is 16.7. The quantitative estimate of drug-likeness (QED) is 0.518. The highest BCUT2D eigenvalue weighted by Gasteiger charge is 2.22. The van der Waals surface area contributed by atoms with E-state index in [2.05, 4.69) is 16.1 Å². The molecule has 3 aromatic rings. The van der Waals surface area contributed by atoms with Crippen LogP contribution in [0.5, 0.6) is 17.2 Å². The number of amides is 1. The Bertz CT molecular complexity index is 1270. The molecule has 2 aromatic carbocycles. The number of hydrogen-bond donors (Lipinski definition) is 0. The molecule has 182 valence electrons. The molecule has 1 amide bonds. The topological polar surface area (TPSA) is 86.1 Å². The monoisotopic (exact) mass is 476 g/mol. The summed E-state index contributed by atoms with van der Waals surface area (Å²) in [7, 11) is 1.61. The summed E-state index contributed by atoms with van der Waals surface area (Å²) in [5, 5.41) is 4.47. The van der Waals surface area contributed by atoms with E-state index in [1.807, 2.05) is 41.3 Å². The first-order valence-corrected chi connectivity index (χ1v) is 11.7. The molecule has 0 radical (unpaired) electrons. The Balaban J connectivity index is 1.14. The molecular weight excluding hydrogens is 448 g/mol. The van der Waals surface area contributed by atoms with E-state index in [-0.39, 0.29) is 31.2 Å². The minimum atomic E-state index is -0.224. The summed E-state index contributed by atoms with van der Waals surface area (Å²) >= 11 is 0. The Morgan fingerprint density at radius 2 is 1.83 bits per heavy atom. The smallest absolute Gasteiger partial charge is 0.266 e. The lowest BCUT2D eigenvalue weighted by atomic mass is 10.1. The molecule has 2 aliphatic rings. The number of methoxy groups -OCH3 is 1. The molecule has 9 nitrogen and oxygen atoms in total. The van der Waals surface area contributed by atoms with Crippen LogP contribution in [0.1, 0.15) is 12.0 Å². The van der Waals surface area contributed by atoms with Crippen LogP contribution in [0, 0.1) is 0 Å². The third-order valence-corrected chi connectivity index (χ3v) is 6.34. The van der Waals surface area contributed by atoms with Crippen LogP contribution in [0.25, 0.3) is 11.3 Å². The normalized spacial score (nSPS) is 15.3. The van der Waals surface area contributed by atoms with E-state index in [4.69, 9.17) is 14.2 Å². The second-order valence-electron chi connectivity index (χ2n) is 8.61. The van der Waals surface area contributed by atoms with Gasteiger partial charge in [-0.3, -0.25) is 14.5 Å². The third kappa shape index (κ3) is 5.30. The lowest BCUT2D eigenvalue weighted by molar-refractivity contribution is -0.133. The fraction of sp³-hybridized carbons (Fsp3) is 0.346. The van der Waals surface area contributed by atoms with Gasteiger partial charge in [0.1, 0.15) is 5.75 Å². The van der Waals surface area contributed by atoms with E-state index in [0.717, 1.165) is 48.0 Å². The summed E-state index contributed by atoms with van der Waals surface area (Å²) < 4.78 is 17.5. The standard InChI is InChI=1S/C26H28N4O5/c1-33-21-4-2-3-20(16-21)22-6-8-26(32)30(27-22)10-9-25(31)29-13-11-28(12-14-29)17-19-5-7-23-24(15-19)35-18-34-23/h2-8,15-16H,9-14,17-18H2,1H3. The third-order valence-electron chi connectivity index (χ3n) is 6.34. The molecule has 3 heterocycles. The van der Waals surface area contributed by atoms with Crippen LogP contribution in [-0.4, -0.2) is 65.6 Å². The average Bonchev–Trinajstić information content (AvgIpc) is 3.36. The van der Waals surface area contributed by atoms with Crippen molar-refractivity contribution in [2.24, 2.45) is 0 Å². The average molecular weight is 477 g/mol. The van der Waals surface area contributed by atoms with Crippen LogP contribution < -0.4 is 19.8 Å². The lowest BCUT2D eigenvalue weighted by Gasteiger charge is -2.34. The zero-order chi connectivity index (χ0) is 24.2. The van der Waals surface area contributed by atoms with E-state index in [1.54, 1.807) is 13.2 Å². The van der Waals surface area contributed by atoms with Gasteiger partial charge < -0.3 is 19.1 Å². The minimum Gasteiger partial charge on any atom is -0.497 e. The van der Waals surface area contributed by atoms with Crippen molar-refractivity contribution >= 4 is 5.91 Å². The maximum Gasteiger partial charge on any atom is 0.266 e. The number of piperazine rings is 1. The number of fused-ring (bicyclic) bond motifs is 1. The number of carbonyl (C=O) groups excluding carboxylic acids is 1. The second-order valence-corrected chi connectivity index (χ2v) is 8.61. The van der Waals surface area contributed by atoms with Gasteiger partial charge in [-0.15, -0.1) is 0 Å². The van der Waals surface area contributed by atoms with Crippen molar-refractivity contribution in [1.29, 1.82) is 0 Å². The molecule has 5 rings (SSSR count). The molecule has 0 aliphatic carbocycles. The Morgan fingerprint density at radius 1 is 1.00 bits per heavy atom. The molecule has 1 aromatic heterocycles. The van der Waals surface area contributed by atoms with Gasteiger partial charge in [0.25, 0.3) is 5.56 Å². The van der Waals surface area contributed by atoms with Crippen molar-refractivity contribution in [3.8, 4) is 28.5 Å². The number of ether oxygens (including phenoxy) is 3. The predicted octanol–water partition coefficient (Wildman–Crippen LogP) is 2.38. The van der Waals surface area contributed by atoms with Gasteiger partial charge in [-0.1, -0.05) is 18.2 Å². The van der Waals surface area contributed by atoms with Crippen molar-refractivity contribution in [3.05, 3.63) is 70.5 Å². The predicted molar refractivity (Wildman–Crippen MR) is 130 cm³/mol. The SMILES string of the molecule is COc1cccc(-c2ccc(=O)n(CCC(=O)N3CCN(Cc4ccc5c(c4)OCO5)CC3)n2)c1. The zero-order valence-electron chi connectivity index (χ0n) is 19.7. The Morgan fingerprint density at radius 3 is 2.66 bits per heavy atom. The molecule has 0 saturated carbocycles. The molecular formula is C26H28N4O5. The molecule has 0 spiro atoms. The molecule has 0 N–H and O–H groups in total. The Labute approximate surface area is 203 Å². The molecule has 2 aliphatic heterocycles. The van der Waals surface area contributed by atoms with Gasteiger partial charge in [0, 0.05) is 50.8 Å². The maximum atomic E-state index is 12.8. The number of hydrogen-bond acceptors (Lipinski definition) is 7. The molecule has 1 saturated heterocycles. The summed E-state index contributed by atoms with van der Waals surface area (Å²) in [6.45, 7) is 4.23. The van der Waals surface area contributed by atoms with Gasteiger partial charge in [0.05, 0.1) is 19.3 Å². The molecule has 35 heavy (non-hydrogen) atoms. The van der Waals surface area contributed by atoms with E-state index < -0.39 is 0 Å². The lowest BCUT2D eigenvalue weighted by Crippen LogP contribution is -2.48. The number of rotatable bonds is 7. The van der Waals surface area contributed by atoms with Gasteiger partial charge in [0.2, 0.25) is 12.7 Å². The van der Waals surface area contributed by atoms with Crippen molar-refractivity contribution in [1.82, 2.24) is 19.6 Å². The van der Waals surface area contributed by atoms with E-state index in [1.165, 1.54) is 10.7 Å². The highest BCUT2D eigenvalue weighted by molar-refractivity contribution is 5.76. The maximum absolute atomic E-state index is 12.8. The van der Waals surface area contributed by atoms with Gasteiger partial charge in [-0.05, 0) is 35.9 Å². The minimum absolute atomic E-state index is 0.0354. The van der Waals surface area contributed by atoms with E-state index in [9.17, 15) is 9.59 Å². The number of nitrogens with zero attached hydrogens (tertiary/aromatic N) is 4. The first-order valence-electron chi connectivity index (χ1n) is 11.7. The van der Waals surface area contributed by atoms with E-state index in [0.29, 0.717) is 18.8 Å². The van der Waals surface area contributed by atoms with Crippen LogP contribution in [-0.2, 0) is 17.9 Å². The molecule has 0 unspecified atom stereocenters. The van der Waals surface area contributed by atoms with Crippen LogP contribution in [0.3, 0.4) is 0 Å². The van der Waals surface area contributed by atoms with Gasteiger partial charge >= 0.3 is 0 Å². The summed E-state index contributed by atoms with van der Waals surface area (Å²) in [5.41, 5.74) is 2.45. The fourth-order valence-corrected chi connectivity index (χ4v) is 4.36. The van der Waals surface area contributed by atoms with E-state index >= 15 is 0 Å². The fourth-order valence-electron chi connectivity index (χ4n) is 4.36. The summed E-state index contributed by atoms with van der Waals surface area (Å²) in [4.78, 5) is 29.4. The van der Waals surface area contributed by atoms with Gasteiger partial charge in [-0.2, -0.15) is 5.10 Å². The number of aromatic nitrogens is 2. The Hall–Kier alpha value is -3.85. The van der Waals surface area contributed by atoms with Crippen LogP contribution in [0.15, 0.2) is 59.4 Å². The molecule has 0 bridgehead atoms. The second kappa shape index (κ2) is 10.2. The molecule has 0 atom stereocenters. The largest absolute Gasteiger partial charge is 0.497 e. The van der Waals surface area contributed by atoms with Crippen molar-refractivity contribution in [3.63, 3.8) is 0 Å². The van der Waals surface area contributed by atoms with Crippen molar-refractivity contribution in [2.45, 2.75) is 19.5 Å². The Kier molecular flexibility index (Phi) is 6.67. The highest BCUT2D eigenvalue weighted by Crippen LogP contribution is 2.32. The first-order chi connectivity index (χ1) is 17.1. The van der Waals surface area contributed by atoms with Crippen molar-refractivity contribution in [2.75, 3.05) is 40.1 Å². The summed E-state index contributed by atoms with van der Waals surface area (Å²) in [5.74, 6) is 2.32. The van der Waals surface area contributed by atoms with Crippen LogP contribution >= 0.6 is 0 Å². The zero-order valence-corrected chi connectivity index (χ0v) is 19.7. The van der Waals surface area contributed by atoms with Crippen molar-refractivity contribution < 1.29 is 19.0 Å². The number of benzene rings is 2.